The van der Waals surface area contributed by atoms with Crippen molar-refractivity contribution in [3.8, 4) is 0 Å². The Balaban J connectivity index is 2.21. The van der Waals surface area contributed by atoms with Crippen LogP contribution >= 0.6 is 0 Å². The van der Waals surface area contributed by atoms with Gasteiger partial charge in [0, 0.05) is 42.2 Å². The van der Waals surface area contributed by atoms with Crippen LogP contribution in [-0.4, -0.2) is 154 Å². The van der Waals surface area contributed by atoms with Crippen LogP contribution in [0.15, 0.2) is 5.11 Å². The highest BCUT2D eigenvalue weighted by Crippen LogP contribution is 2.40. The van der Waals surface area contributed by atoms with Gasteiger partial charge in [0.05, 0.1) is 54.2 Å². The fourth-order valence-corrected chi connectivity index (χ4v) is 8.25. The second kappa shape index (κ2) is 17.9. The zero-order chi connectivity index (χ0) is 40.4. The molecular weight excluding hydrogens is 696 g/mol. The number of esters is 1. The first kappa shape index (κ1) is 45.4. The zero-order valence-corrected chi connectivity index (χ0v) is 33.3. The van der Waals surface area contributed by atoms with Gasteiger partial charge >= 0.3 is 5.97 Å². The van der Waals surface area contributed by atoms with E-state index in [0.29, 0.717) is 6.42 Å². The highest BCUT2D eigenvalue weighted by Gasteiger charge is 2.53. The van der Waals surface area contributed by atoms with Crippen molar-refractivity contribution in [3.05, 3.63) is 10.4 Å². The topological polar surface area (TPSA) is 243 Å². The Labute approximate surface area is 312 Å². The molecule has 18 atom stereocenters. The van der Waals surface area contributed by atoms with Gasteiger partial charge in [0.25, 0.3) is 0 Å². The number of hydrogen-bond donors (Lipinski definition) is 5. The lowest BCUT2D eigenvalue weighted by Gasteiger charge is -2.49. The van der Waals surface area contributed by atoms with Crippen LogP contribution in [0.1, 0.15) is 81.6 Å². The number of cyclic esters (lactones) is 1. The number of ether oxygens (including phenoxy) is 6. The Bertz CT molecular complexity index is 1300. The van der Waals surface area contributed by atoms with Crippen LogP contribution in [-0.2, 0) is 38.0 Å². The fraction of sp³-hybridized carbons (Fsp3) is 0.944. The van der Waals surface area contributed by atoms with Crippen molar-refractivity contribution in [1.82, 2.24) is 4.90 Å². The quantitative estimate of drug-likeness (QED) is 0.102. The summed E-state index contributed by atoms with van der Waals surface area (Å²) in [4.78, 5) is 32.6. The molecule has 0 amide bonds. The van der Waals surface area contributed by atoms with Crippen LogP contribution in [0.25, 0.3) is 10.4 Å². The van der Waals surface area contributed by atoms with Gasteiger partial charge < -0.3 is 58.9 Å². The highest BCUT2D eigenvalue weighted by molar-refractivity contribution is 5.83. The lowest BCUT2D eigenvalue weighted by Crippen LogP contribution is -2.61. The number of carbonyl (C=O) groups excluding carboxylic acids is 2. The van der Waals surface area contributed by atoms with Gasteiger partial charge in [-0.25, -0.2) is 0 Å². The number of hydrogen-bond acceptors (Lipinski definition) is 15. The maximum Gasteiger partial charge on any atom is 0.311 e. The van der Waals surface area contributed by atoms with Gasteiger partial charge in [-0.3, -0.25) is 9.59 Å². The van der Waals surface area contributed by atoms with E-state index in [9.17, 15) is 35.1 Å². The first-order chi connectivity index (χ1) is 24.4. The van der Waals surface area contributed by atoms with Gasteiger partial charge in [-0.2, -0.15) is 0 Å². The molecule has 8 unspecified atom stereocenters. The van der Waals surface area contributed by atoms with Crippen LogP contribution in [0.4, 0.5) is 0 Å². The minimum Gasteiger partial charge on any atom is -0.459 e. The molecule has 17 nitrogen and oxygen atoms in total. The molecular formula is C36H64N4O13. The molecule has 53 heavy (non-hydrogen) atoms. The molecule has 3 rings (SSSR count). The second-order valence-corrected chi connectivity index (χ2v) is 16.5. The number of methoxy groups -OCH3 is 1. The molecule has 3 saturated heterocycles. The van der Waals surface area contributed by atoms with Crippen molar-refractivity contribution < 1.29 is 63.5 Å². The van der Waals surface area contributed by atoms with Crippen molar-refractivity contribution in [2.75, 3.05) is 27.7 Å². The third-order valence-electron chi connectivity index (χ3n) is 11.8. The van der Waals surface area contributed by atoms with Gasteiger partial charge in [-0.15, -0.1) is 0 Å². The van der Waals surface area contributed by atoms with E-state index in [1.54, 1.807) is 27.7 Å². The van der Waals surface area contributed by atoms with E-state index in [1.165, 1.54) is 34.8 Å². The van der Waals surface area contributed by atoms with Gasteiger partial charge in [-0.05, 0) is 74.0 Å². The summed E-state index contributed by atoms with van der Waals surface area (Å²) in [6, 6.07) is -0.359. The Morgan fingerprint density at radius 2 is 1.57 bits per heavy atom. The summed E-state index contributed by atoms with van der Waals surface area (Å²) in [5, 5.41) is 61.2. The maximum atomic E-state index is 14.1. The predicted octanol–water partition coefficient (Wildman–Crippen LogP) is 1.69. The Morgan fingerprint density at radius 1 is 0.943 bits per heavy atom. The number of aliphatic hydroxyl groups excluding tert-OH is 3. The van der Waals surface area contributed by atoms with Gasteiger partial charge in [0.2, 0.25) is 0 Å². The van der Waals surface area contributed by atoms with Crippen molar-refractivity contribution in [2.24, 2.45) is 28.8 Å². The smallest absolute Gasteiger partial charge is 0.311 e. The normalized spacial score (nSPS) is 48.1. The zero-order valence-electron chi connectivity index (χ0n) is 33.3. The summed E-state index contributed by atoms with van der Waals surface area (Å²) in [6.07, 6.45) is -11.0. The molecule has 0 aliphatic carbocycles. The molecule has 3 aliphatic heterocycles. The largest absolute Gasteiger partial charge is 0.459 e. The molecule has 17 heteroatoms. The number of aliphatic hydroxyl groups is 5. The molecule has 0 aromatic carbocycles. The molecule has 0 radical (unpaired) electrons. The van der Waals surface area contributed by atoms with Crippen LogP contribution in [0.3, 0.4) is 0 Å². The third kappa shape index (κ3) is 10.1. The van der Waals surface area contributed by atoms with Crippen LogP contribution in [0.5, 0.6) is 0 Å². The number of likely N-dealkylation sites (N-methyl/N-ethyl adjacent to an activating group) is 1. The Kier molecular flexibility index (Phi) is 15.3. The maximum absolute atomic E-state index is 14.1. The van der Waals surface area contributed by atoms with Crippen molar-refractivity contribution in [3.63, 3.8) is 0 Å². The summed E-state index contributed by atoms with van der Waals surface area (Å²) in [7, 11) is 5.10. The average molecular weight is 761 g/mol. The summed E-state index contributed by atoms with van der Waals surface area (Å²) < 4.78 is 36.8. The van der Waals surface area contributed by atoms with E-state index in [4.69, 9.17) is 34.0 Å². The summed E-state index contributed by atoms with van der Waals surface area (Å²) in [5.41, 5.74) is 3.89. The lowest BCUT2D eigenvalue weighted by molar-refractivity contribution is -0.318. The van der Waals surface area contributed by atoms with Crippen molar-refractivity contribution in [2.45, 2.75) is 166 Å². The molecule has 3 fully saturated rings. The number of ketones is 1. The van der Waals surface area contributed by atoms with E-state index in [-0.39, 0.29) is 25.0 Å². The molecule has 3 heterocycles. The van der Waals surface area contributed by atoms with E-state index in [1.807, 2.05) is 25.9 Å². The summed E-state index contributed by atoms with van der Waals surface area (Å²) >= 11 is 0. The molecule has 5 N–H and O–H groups in total. The number of nitrogens with zero attached hydrogens (tertiary/aromatic N) is 4. The molecule has 306 valence electrons. The summed E-state index contributed by atoms with van der Waals surface area (Å²) in [5.74, 6) is -5.67. The van der Waals surface area contributed by atoms with Gasteiger partial charge in [-0.1, -0.05) is 25.9 Å². The van der Waals surface area contributed by atoms with Gasteiger partial charge in [0.1, 0.15) is 29.7 Å². The monoisotopic (exact) mass is 760 g/mol. The Hall–Kier alpha value is -1.99. The average Bonchev–Trinajstić information content (AvgIpc) is 3.08. The van der Waals surface area contributed by atoms with Gasteiger partial charge in [0.15, 0.2) is 12.6 Å². The predicted molar refractivity (Wildman–Crippen MR) is 190 cm³/mol. The van der Waals surface area contributed by atoms with Crippen LogP contribution in [0, 0.1) is 23.7 Å². The number of rotatable bonds is 8. The number of Topliss-reactive ketones (excluding diaryl/α,β-unsaturated/α-hetero) is 1. The van der Waals surface area contributed by atoms with Crippen LogP contribution < -0.4 is 0 Å². The molecule has 3 aliphatic rings. The summed E-state index contributed by atoms with van der Waals surface area (Å²) in [6.45, 7) is 13.5. The first-order valence-corrected chi connectivity index (χ1v) is 18.5. The van der Waals surface area contributed by atoms with E-state index in [0.717, 1.165) is 0 Å². The first-order valence-electron chi connectivity index (χ1n) is 18.5. The highest BCUT2D eigenvalue weighted by atomic mass is 16.7. The SMILES string of the molecule is COC1(C)CC(O[C@H]2[C@H](C)[C@@H](OC3OC(C)CC(N(C)C)C3O)[C@](C)(O)C[C@@H](C)C(=O)[C@H](C)[C@@H](O)[C@](C)(O)[C@@H](CN=[N+]=[N-])OC(=O)[C@@H]2C)OC(C)C1O. The molecule has 0 saturated carbocycles. The van der Waals surface area contributed by atoms with Crippen molar-refractivity contribution >= 4 is 11.8 Å². The Morgan fingerprint density at radius 3 is 2.13 bits per heavy atom. The molecule has 0 spiro atoms. The molecule has 0 aromatic rings. The van der Waals surface area contributed by atoms with E-state index < -0.39 is 114 Å². The number of azide groups is 1. The minimum atomic E-state index is -2.26. The molecule has 0 aromatic heterocycles. The van der Waals surface area contributed by atoms with E-state index in [2.05, 4.69) is 10.0 Å². The molecule has 0 bridgehead atoms. The third-order valence-corrected chi connectivity index (χ3v) is 11.8. The standard InChI is InChI=1S/C36H64N4O13/c1-17-14-34(7,46)31(53-33-27(42)23(40(10)11)13-18(2)49-33)20(4)28(52-25-15-35(8,48-12)30(44)22(6)50-25)21(5)32(45)51-24(16-38-39-37)36(9,47)29(43)19(3)26(17)41/h17-25,27-31,33,42-44,46-47H,13-16H2,1-12H3/t17-,18?,19+,20+,21-,22?,23?,24-,25?,27?,28+,29-,30?,31-,33?,34-,35?,36-/m1/s1. The van der Waals surface area contributed by atoms with Crippen LogP contribution in [0.2, 0.25) is 0 Å². The lowest BCUT2D eigenvalue weighted by atomic mass is 9.74. The fourth-order valence-electron chi connectivity index (χ4n) is 8.25. The van der Waals surface area contributed by atoms with E-state index >= 15 is 0 Å². The minimum absolute atomic E-state index is 0.0399. The number of carbonyl (C=O) groups is 2. The van der Waals surface area contributed by atoms with Crippen molar-refractivity contribution in [1.29, 1.82) is 0 Å². The second-order valence-electron chi connectivity index (χ2n) is 16.5.